The van der Waals surface area contributed by atoms with E-state index in [0.717, 1.165) is 33.2 Å². The fourth-order valence-electron chi connectivity index (χ4n) is 3.38. The number of rotatable bonds is 6. The Balaban J connectivity index is 1.44. The lowest BCUT2D eigenvalue weighted by Crippen LogP contribution is -2.02. The molecule has 4 rings (SSSR count). The van der Waals surface area contributed by atoms with E-state index in [2.05, 4.69) is 5.10 Å². The lowest BCUT2D eigenvalue weighted by molar-refractivity contribution is -0.138. The highest BCUT2D eigenvalue weighted by molar-refractivity contribution is 6.31. The van der Waals surface area contributed by atoms with E-state index in [-0.39, 0.29) is 6.61 Å². The van der Waals surface area contributed by atoms with Crippen molar-refractivity contribution in [3.8, 4) is 0 Å². The van der Waals surface area contributed by atoms with Crippen LogP contribution in [0.4, 0.5) is 0 Å². The molecule has 1 aromatic heterocycles. The third-order valence-corrected chi connectivity index (χ3v) is 5.32. The first-order chi connectivity index (χ1) is 14.6. The van der Waals surface area contributed by atoms with Crippen molar-refractivity contribution in [3.63, 3.8) is 0 Å². The second kappa shape index (κ2) is 8.97. The summed E-state index contributed by atoms with van der Waals surface area (Å²) in [5.74, 6) is -0.422. The molecule has 0 amide bonds. The average Bonchev–Trinajstić information content (AvgIpc) is 3.03. The zero-order chi connectivity index (χ0) is 20.9. The highest BCUT2D eigenvalue weighted by Crippen LogP contribution is 2.23. The third kappa shape index (κ3) is 4.44. The van der Waals surface area contributed by atoms with Gasteiger partial charge in [0.1, 0.15) is 11.8 Å². The summed E-state index contributed by atoms with van der Waals surface area (Å²) in [6, 6.07) is 24.0. The standard InChI is InChI=1S/C25H21ClN2O2/c1-18-22(25(26)28(27-18)16-19-8-3-2-4-9-19)14-15-24(29)30-17-21-12-7-11-20-10-5-6-13-23(20)21/h2-15H,16-17H2,1H3. The molecule has 0 bridgehead atoms. The number of hydrogen-bond acceptors (Lipinski definition) is 3. The topological polar surface area (TPSA) is 44.1 Å². The van der Waals surface area contributed by atoms with Gasteiger partial charge in [-0.05, 0) is 34.9 Å². The quantitative estimate of drug-likeness (QED) is 0.294. The summed E-state index contributed by atoms with van der Waals surface area (Å²) < 4.78 is 7.17. The van der Waals surface area contributed by atoms with E-state index in [1.807, 2.05) is 79.7 Å². The number of carbonyl (C=O) groups is 1. The van der Waals surface area contributed by atoms with Crippen LogP contribution in [0.25, 0.3) is 16.8 Å². The van der Waals surface area contributed by atoms with Gasteiger partial charge < -0.3 is 4.74 Å². The van der Waals surface area contributed by atoms with Gasteiger partial charge >= 0.3 is 5.97 Å². The van der Waals surface area contributed by atoms with Gasteiger partial charge in [-0.2, -0.15) is 5.10 Å². The summed E-state index contributed by atoms with van der Waals surface area (Å²) >= 11 is 6.50. The van der Waals surface area contributed by atoms with Gasteiger partial charge in [-0.1, -0.05) is 84.4 Å². The predicted octanol–water partition coefficient (Wildman–Crippen LogP) is 5.80. The summed E-state index contributed by atoms with van der Waals surface area (Å²) in [6.07, 6.45) is 3.06. The molecule has 4 aromatic rings. The monoisotopic (exact) mass is 416 g/mol. The lowest BCUT2D eigenvalue weighted by atomic mass is 10.1. The zero-order valence-electron chi connectivity index (χ0n) is 16.6. The number of nitrogens with zero attached hydrogens (tertiary/aromatic N) is 2. The number of aryl methyl sites for hydroxylation is 1. The normalized spacial score (nSPS) is 11.3. The van der Waals surface area contributed by atoms with Gasteiger partial charge in [0.25, 0.3) is 0 Å². The number of halogens is 1. The summed E-state index contributed by atoms with van der Waals surface area (Å²) in [5.41, 5.74) is 3.55. The molecule has 0 N–H and O–H groups in total. The van der Waals surface area contributed by atoms with E-state index in [0.29, 0.717) is 11.7 Å². The predicted molar refractivity (Wildman–Crippen MR) is 120 cm³/mol. The zero-order valence-corrected chi connectivity index (χ0v) is 17.3. The van der Waals surface area contributed by atoms with Gasteiger partial charge in [0, 0.05) is 11.6 Å². The molecule has 0 saturated heterocycles. The molecule has 5 heteroatoms. The van der Waals surface area contributed by atoms with E-state index in [1.54, 1.807) is 10.8 Å². The van der Waals surface area contributed by atoms with Crippen molar-refractivity contribution in [1.29, 1.82) is 0 Å². The van der Waals surface area contributed by atoms with Crippen molar-refractivity contribution in [2.75, 3.05) is 0 Å². The first kappa shape index (κ1) is 19.9. The van der Waals surface area contributed by atoms with Gasteiger partial charge in [0.05, 0.1) is 12.2 Å². The molecule has 0 unspecified atom stereocenters. The van der Waals surface area contributed by atoms with Crippen LogP contribution in [0.15, 0.2) is 78.9 Å². The maximum absolute atomic E-state index is 12.3. The van der Waals surface area contributed by atoms with E-state index in [4.69, 9.17) is 16.3 Å². The number of fused-ring (bicyclic) bond motifs is 1. The van der Waals surface area contributed by atoms with Gasteiger partial charge in [0.15, 0.2) is 0 Å². The van der Waals surface area contributed by atoms with Crippen LogP contribution in [-0.2, 0) is 22.7 Å². The number of esters is 1. The van der Waals surface area contributed by atoms with Crippen molar-refractivity contribution >= 4 is 34.4 Å². The molecular formula is C25H21ClN2O2. The number of carbonyl (C=O) groups excluding carboxylic acids is 1. The van der Waals surface area contributed by atoms with Crippen molar-refractivity contribution in [3.05, 3.63) is 106 Å². The number of aromatic nitrogens is 2. The molecule has 4 nitrogen and oxygen atoms in total. The summed E-state index contributed by atoms with van der Waals surface area (Å²) in [6.45, 7) is 2.65. The molecule has 0 saturated carbocycles. The molecule has 1 heterocycles. The van der Waals surface area contributed by atoms with Crippen LogP contribution >= 0.6 is 11.6 Å². The Morgan fingerprint density at radius 3 is 2.60 bits per heavy atom. The van der Waals surface area contributed by atoms with Crippen molar-refractivity contribution in [2.45, 2.75) is 20.1 Å². The molecule has 0 fully saturated rings. The Hall–Kier alpha value is -3.37. The van der Waals surface area contributed by atoms with Gasteiger partial charge in [-0.3, -0.25) is 0 Å². The molecule has 0 radical (unpaired) electrons. The molecule has 0 aliphatic carbocycles. The smallest absolute Gasteiger partial charge is 0.331 e. The van der Waals surface area contributed by atoms with Crippen LogP contribution in [0.2, 0.25) is 5.15 Å². The van der Waals surface area contributed by atoms with E-state index >= 15 is 0 Å². The van der Waals surface area contributed by atoms with Gasteiger partial charge in [-0.25, -0.2) is 9.48 Å². The van der Waals surface area contributed by atoms with E-state index in [1.165, 1.54) is 6.08 Å². The highest BCUT2D eigenvalue weighted by Gasteiger charge is 2.12. The lowest BCUT2D eigenvalue weighted by Gasteiger charge is -2.06. The minimum Gasteiger partial charge on any atom is -0.458 e. The fraction of sp³-hybridized carbons (Fsp3) is 0.120. The molecular weight excluding hydrogens is 396 g/mol. The van der Waals surface area contributed by atoms with Gasteiger partial charge in [0.2, 0.25) is 0 Å². The first-order valence-corrected chi connectivity index (χ1v) is 10.1. The first-order valence-electron chi connectivity index (χ1n) is 9.70. The average molecular weight is 417 g/mol. The van der Waals surface area contributed by atoms with Crippen molar-refractivity contribution in [2.24, 2.45) is 0 Å². The maximum atomic E-state index is 12.3. The van der Waals surface area contributed by atoms with Crippen molar-refractivity contribution in [1.82, 2.24) is 9.78 Å². The molecule has 0 atom stereocenters. The highest BCUT2D eigenvalue weighted by atomic mass is 35.5. The summed E-state index contributed by atoms with van der Waals surface area (Å²) in [7, 11) is 0. The Kier molecular flexibility index (Phi) is 5.96. The number of benzene rings is 3. The Morgan fingerprint density at radius 2 is 1.77 bits per heavy atom. The molecule has 0 aliphatic heterocycles. The van der Waals surface area contributed by atoms with E-state index < -0.39 is 5.97 Å². The Morgan fingerprint density at radius 1 is 1.03 bits per heavy atom. The Bertz CT molecular complexity index is 1210. The van der Waals surface area contributed by atoms with Crippen molar-refractivity contribution < 1.29 is 9.53 Å². The van der Waals surface area contributed by atoms with Crippen LogP contribution in [0.5, 0.6) is 0 Å². The summed E-state index contributed by atoms with van der Waals surface area (Å²) in [5, 5.41) is 7.19. The van der Waals surface area contributed by atoms with Crippen LogP contribution in [-0.4, -0.2) is 15.7 Å². The van der Waals surface area contributed by atoms with Crippen LogP contribution < -0.4 is 0 Å². The molecule has 3 aromatic carbocycles. The van der Waals surface area contributed by atoms with Crippen LogP contribution in [0.3, 0.4) is 0 Å². The van der Waals surface area contributed by atoms with Gasteiger partial charge in [-0.15, -0.1) is 0 Å². The molecule has 0 spiro atoms. The minimum atomic E-state index is -0.422. The fourth-order valence-corrected chi connectivity index (χ4v) is 3.68. The second-order valence-corrected chi connectivity index (χ2v) is 7.37. The maximum Gasteiger partial charge on any atom is 0.331 e. The minimum absolute atomic E-state index is 0.213. The SMILES string of the molecule is Cc1nn(Cc2ccccc2)c(Cl)c1C=CC(=O)OCc1cccc2ccccc12. The Labute approximate surface area is 180 Å². The second-order valence-electron chi connectivity index (χ2n) is 7.01. The van der Waals surface area contributed by atoms with Crippen LogP contribution in [0, 0.1) is 6.92 Å². The van der Waals surface area contributed by atoms with Crippen LogP contribution in [0.1, 0.15) is 22.4 Å². The molecule has 0 aliphatic rings. The summed E-state index contributed by atoms with van der Waals surface area (Å²) in [4.78, 5) is 12.3. The third-order valence-electron chi connectivity index (χ3n) is 4.92. The molecule has 30 heavy (non-hydrogen) atoms. The number of hydrogen-bond donors (Lipinski definition) is 0. The molecule has 150 valence electrons. The number of ether oxygens (including phenoxy) is 1. The largest absolute Gasteiger partial charge is 0.458 e. The van der Waals surface area contributed by atoms with E-state index in [9.17, 15) is 4.79 Å².